The second kappa shape index (κ2) is 8.17. The molecule has 0 saturated carbocycles. The highest BCUT2D eigenvalue weighted by Gasteiger charge is 2.41. The molecule has 170 valence electrons. The summed E-state index contributed by atoms with van der Waals surface area (Å²) in [5.74, 6) is -1.01. The van der Waals surface area contributed by atoms with Gasteiger partial charge in [-0.05, 0) is 23.8 Å². The van der Waals surface area contributed by atoms with Crippen LogP contribution in [0.4, 0.5) is 23.2 Å². The highest BCUT2D eigenvalue weighted by Crippen LogP contribution is 2.35. The predicted octanol–water partition coefficient (Wildman–Crippen LogP) is 3.24. The molecule has 3 aromatic rings. The summed E-state index contributed by atoms with van der Waals surface area (Å²) in [6.07, 6.45) is 0.0905. The van der Waals surface area contributed by atoms with Crippen LogP contribution in [0.3, 0.4) is 0 Å². The van der Waals surface area contributed by atoms with Gasteiger partial charge in [0.2, 0.25) is 0 Å². The molecule has 2 atom stereocenters. The topological polar surface area (TPSA) is 80.1 Å². The number of nitrogens with zero attached hydrogens (tertiary/aromatic N) is 4. The molecule has 0 spiro atoms. The van der Waals surface area contributed by atoms with Crippen LogP contribution in [0.5, 0.6) is 0 Å². The number of hydrogen-bond acceptors (Lipinski definition) is 5. The van der Waals surface area contributed by atoms with E-state index in [4.69, 9.17) is 0 Å². The van der Waals surface area contributed by atoms with E-state index >= 15 is 0 Å². The third-order valence-corrected chi connectivity index (χ3v) is 6.98. The Labute approximate surface area is 181 Å². The molecular formula is C20H19F4N5O2S. The number of pyridine rings is 1. The summed E-state index contributed by atoms with van der Waals surface area (Å²) in [6.45, 7) is -0.0389. The molecule has 2 unspecified atom stereocenters. The lowest BCUT2D eigenvalue weighted by Crippen LogP contribution is -2.32. The van der Waals surface area contributed by atoms with Crippen LogP contribution in [-0.4, -0.2) is 46.4 Å². The zero-order chi connectivity index (χ0) is 23.1. The molecule has 3 heterocycles. The summed E-state index contributed by atoms with van der Waals surface area (Å²) < 4.78 is 81.9. The molecule has 0 aliphatic carbocycles. The molecule has 1 aromatic carbocycles. The minimum atomic E-state index is -4.57. The molecule has 32 heavy (non-hydrogen) atoms. The van der Waals surface area contributed by atoms with E-state index in [0.29, 0.717) is 11.8 Å². The van der Waals surface area contributed by atoms with Gasteiger partial charge in [0.15, 0.2) is 5.03 Å². The molecule has 1 aliphatic rings. The van der Waals surface area contributed by atoms with Gasteiger partial charge in [0.25, 0.3) is 10.0 Å². The van der Waals surface area contributed by atoms with E-state index in [1.54, 1.807) is 13.1 Å². The van der Waals surface area contributed by atoms with Crippen LogP contribution in [0.2, 0.25) is 0 Å². The Morgan fingerprint density at radius 1 is 1.16 bits per heavy atom. The van der Waals surface area contributed by atoms with E-state index in [-0.39, 0.29) is 23.8 Å². The van der Waals surface area contributed by atoms with Crippen molar-refractivity contribution < 1.29 is 26.0 Å². The summed E-state index contributed by atoms with van der Waals surface area (Å²) in [5.41, 5.74) is -0.315. The molecule has 1 saturated heterocycles. The highest BCUT2D eigenvalue weighted by atomic mass is 32.2. The molecule has 0 amide bonds. The third-order valence-electron chi connectivity index (χ3n) is 5.27. The van der Waals surface area contributed by atoms with Crippen molar-refractivity contribution >= 4 is 15.7 Å². The van der Waals surface area contributed by atoms with Gasteiger partial charge in [-0.15, -0.1) is 0 Å². The maximum atomic E-state index is 13.9. The van der Waals surface area contributed by atoms with Gasteiger partial charge >= 0.3 is 6.18 Å². The predicted molar refractivity (Wildman–Crippen MR) is 108 cm³/mol. The maximum Gasteiger partial charge on any atom is 0.417 e. The quantitative estimate of drug-likeness (QED) is 0.581. The summed E-state index contributed by atoms with van der Waals surface area (Å²) in [7, 11) is -2.32. The van der Waals surface area contributed by atoms with Crippen molar-refractivity contribution in [3.05, 3.63) is 72.2 Å². The lowest BCUT2D eigenvalue weighted by molar-refractivity contribution is -0.137. The fourth-order valence-corrected chi connectivity index (χ4v) is 5.19. The number of anilines is 1. The fraction of sp³-hybridized carbons (Fsp3) is 0.300. The third kappa shape index (κ3) is 4.46. The first-order valence-electron chi connectivity index (χ1n) is 9.56. The van der Waals surface area contributed by atoms with Crippen LogP contribution in [0.25, 0.3) is 0 Å². The van der Waals surface area contributed by atoms with E-state index < -0.39 is 39.5 Å². The lowest BCUT2D eigenvalue weighted by atomic mass is 9.94. The van der Waals surface area contributed by atoms with Crippen LogP contribution in [0.15, 0.2) is 60.3 Å². The van der Waals surface area contributed by atoms with E-state index in [0.717, 1.165) is 6.07 Å². The smallest absolute Gasteiger partial charge is 0.379 e. The van der Waals surface area contributed by atoms with Gasteiger partial charge in [0, 0.05) is 50.7 Å². The average Bonchev–Trinajstić information content (AvgIpc) is 3.35. The van der Waals surface area contributed by atoms with Gasteiger partial charge < -0.3 is 9.88 Å². The highest BCUT2D eigenvalue weighted by molar-refractivity contribution is 7.89. The molecule has 2 aromatic heterocycles. The van der Waals surface area contributed by atoms with Crippen molar-refractivity contribution in [2.75, 3.05) is 18.4 Å². The van der Waals surface area contributed by atoms with E-state index in [1.807, 2.05) is 0 Å². The Kier molecular flexibility index (Phi) is 5.67. The second-order valence-electron chi connectivity index (χ2n) is 7.57. The number of benzene rings is 1. The normalized spacial score (nSPS) is 19.9. The summed E-state index contributed by atoms with van der Waals surface area (Å²) >= 11 is 0. The molecule has 1 aliphatic heterocycles. The van der Waals surface area contributed by atoms with Crippen molar-refractivity contribution in [1.29, 1.82) is 0 Å². The van der Waals surface area contributed by atoms with Gasteiger partial charge in [0.1, 0.15) is 5.82 Å². The van der Waals surface area contributed by atoms with Gasteiger partial charge in [0.05, 0.1) is 17.6 Å². The van der Waals surface area contributed by atoms with E-state index in [2.05, 4.69) is 15.3 Å². The number of alkyl halides is 3. The Bertz CT molecular complexity index is 1230. The standard InChI is InChI=1S/C20H19F4N5O2S/c1-28-11-19(26-12-28)32(30,31)29-9-17(13-3-2-4-15(21)5-13)18(10-29)27-16-6-14(7-25-8-16)20(22,23)24/h2-8,11-12,17-18,27H,9-10H2,1H3. The van der Waals surface area contributed by atoms with E-state index in [9.17, 15) is 26.0 Å². The monoisotopic (exact) mass is 469 g/mol. The lowest BCUT2D eigenvalue weighted by Gasteiger charge is -2.21. The molecule has 12 heteroatoms. The van der Waals surface area contributed by atoms with Crippen LogP contribution in [0.1, 0.15) is 17.0 Å². The Hall–Kier alpha value is -2.99. The van der Waals surface area contributed by atoms with Gasteiger partial charge in [-0.2, -0.15) is 17.5 Å². The molecule has 4 rings (SSSR count). The average molecular weight is 469 g/mol. The van der Waals surface area contributed by atoms with Crippen molar-refractivity contribution in [3.63, 3.8) is 0 Å². The summed E-state index contributed by atoms with van der Waals surface area (Å²) in [4.78, 5) is 7.55. The number of sulfonamides is 1. The molecular weight excluding hydrogens is 450 g/mol. The number of halogens is 4. The minimum absolute atomic E-state index is 0.00637. The summed E-state index contributed by atoms with van der Waals surface area (Å²) in [6, 6.07) is 6.00. The number of rotatable bonds is 5. The Morgan fingerprint density at radius 3 is 2.59 bits per heavy atom. The second-order valence-corrected chi connectivity index (χ2v) is 9.46. The fourth-order valence-electron chi connectivity index (χ4n) is 3.73. The first kappa shape index (κ1) is 22.2. The van der Waals surface area contributed by atoms with Crippen molar-refractivity contribution in [2.24, 2.45) is 7.05 Å². The number of imidazole rings is 1. The van der Waals surface area contributed by atoms with Crippen LogP contribution in [-0.2, 0) is 23.2 Å². The van der Waals surface area contributed by atoms with Crippen LogP contribution < -0.4 is 5.32 Å². The van der Waals surface area contributed by atoms with Crippen molar-refractivity contribution in [1.82, 2.24) is 18.8 Å². The molecule has 1 fully saturated rings. The number of aromatic nitrogens is 3. The largest absolute Gasteiger partial charge is 0.417 e. The van der Waals surface area contributed by atoms with Crippen molar-refractivity contribution in [3.8, 4) is 0 Å². The Balaban J connectivity index is 1.67. The van der Waals surface area contributed by atoms with E-state index in [1.165, 1.54) is 45.8 Å². The number of nitrogens with one attached hydrogen (secondary N) is 1. The van der Waals surface area contributed by atoms with Gasteiger partial charge in [-0.25, -0.2) is 17.8 Å². The van der Waals surface area contributed by atoms with Gasteiger partial charge in [-0.3, -0.25) is 4.98 Å². The molecule has 7 nitrogen and oxygen atoms in total. The number of aryl methyl sites for hydroxylation is 1. The molecule has 1 N–H and O–H groups in total. The van der Waals surface area contributed by atoms with Crippen molar-refractivity contribution in [2.45, 2.75) is 23.2 Å². The first-order chi connectivity index (χ1) is 15.0. The zero-order valence-corrected chi connectivity index (χ0v) is 17.6. The van der Waals surface area contributed by atoms with Crippen LogP contribution >= 0.6 is 0 Å². The Morgan fingerprint density at radius 2 is 1.94 bits per heavy atom. The molecule has 0 bridgehead atoms. The SMILES string of the molecule is Cn1cnc(S(=O)(=O)N2CC(Nc3cncc(C(F)(F)F)c3)C(c3cccc(F)c3)C2)c1. The zero-order valence-electron chi connectivity index (χ0n) is 16.8. The summed E-state index contributed by atoms with van der Waals surface area (Å²) in [5, 5.41) is 2.82. The van der Waals surface area contributed by atoms with Gasteiger partial charge in [-0.1, -0.05) is 12.1 Å². The first-order valence-corrected chi connectivity index (χ1v) is 11.0. The van der Waals surface area contributed by atoms with Crippen LogP contribution in [0, 0.1) is 5.82 Å². The number of hydrogen-bond donors (Lipinski definition) is 1. The minimum Gasteiger partial charge on any atom is -0.379 e. The molecule has 0 radical (unpaired) electrons. The maximum absolute atomic E-state index is 13.9.